The minimum absolute atomic E-state index is 0.00241. The van der Waals surface area contributed by atoms with E-state index in [2.05, 4.69) is 10.6 Å². The molecule has 9 heteroatoms. The van der Waals surface area contributed by atoms with Gasteiger partial charge in [0.2, 0.25) is 0 Å². The number of amides is 2. The van der Waals surface area contributed by atoms with Crippen molar-refractivity contribution in [3.05, 3.63) is 125 Å². The van der Waals surface area contributed by atoms with Crippen LogP contribution in [0.5, 0.6) is 23.0 Å². The van der Waals surface area contributed by atoms with Crippen LogP contribution in [-0.2, 0) is 4.79 Å². The molecule has 4 aromatic carbocycles. The summed E-state index contributed by atoms with van der Waals surface area (Å²) in [4.78, 5) is 39.2. The number of nitrogens with one attached hydrogen (secondary N) is 2. The van der Waals surface area contributed by atoms with E-state index in [1.54, 1.807) is 111 Å². The van der Waals surface area contributed by atoms with Gasteiger partial charge in [0.15, 0.2) is 17.3 Å². The Kier molecular flexibility index (Phi) is 10.5. The van der Waals surface area contributed by atoms with E-state index in [0.29, 0.717) is 45.4 Å². The zero-order valence-electron chi connectivity index (χ0n) is 24.8. The van der Waals surface area contributed by atoms with Crippen LogP contribution in [0.15, 0.2) is 103 Å². The summed E-state index contributed by atoms with van der Waals surface area (Å²) in [6, 6.07) is 25.4. The van der Waals surface area contributed by atoms with Gasteiger partial charge < -0.3 is 29.6 Å². The molecule has 0 heterocycles. The van der Waals surface area contributed by atoms with E-state index in [0.717, 1.165) is 5.56 Å². The molecule has 0 aliphatic heterocycles. The van der Waals surface area contributed by atoms with Gasteiger partial charge in [0.1, 0.15) is 17.2 Å². The van der Waals surface area contributed by atoms with Crippen molar-refractivity contribution in [2.45, 2.75) is 0 Å². The number of rotatable bonds is 12. The van der Waals surface area contributed by atoms with Gasteiger partial charge in [-0.25, -0.2) is 0 Å². The summed E-state index contributed by atoms with van der Waals surface area (Å²) in [7, 11) is 6.15. The molecule has 9 nitrogen and oxygen atoms in total. The fourth-order valence-corrected chi connectivity index (χ4v) is 4.19. The van der Waals surface area contributed by atoms with Crippen LogP contribution in [0, 0.1) is 0 Å². The highest BCUT2D eigenvalue weighted by Crippen LogP contribution is 2.29. The first kappa shape index (κ1) is 31.1. The first-order valence-corrected chi connectivity index (χ1v) is 13.5. The first-order chi connectivity index (χ1) is 21.3. The largest absolute Gasteiger partial charge is 0.497 e. The fraction of sp³-hybridized carbons (Fsp3) is 0.114. The number of ketones is 1. The first-order valence-electron chi connectivity index (χ1n) is 13.5. The molecule has 0 fully saturated rings. The lowest BCUT2D eigenvalue weighted by Crippen LogP contribution is -2.30. The van der Waals surface area contributed by atoms with E-state index in [-0.39, 0.29) is 11.5 Å². The van der Waals surface area contributed by atoms with Gasteiger partial charge >= 0.3 is 0 Å². The Morgan fingerprint density at radius 2 is 1.36 bits per heavy atom. The van der Waals surface area contributed by atoms with Gasteiger partial charge in [-0.15, -0.1) is 0 Å². The maximum atomic E-state index is 13.4. The number of carbonyl (C=O) groups is 3. The summed E-state index contributed by atoms with van der Waals surface area (Å²) in [5, 5.41) is 5.49. The molecule has 0 bridgehead atoms. The molecule has 2 amide bonds. The van der Waals surface area contributed by atoms with Crippen LogP contribution in [0.2, 0.25) is 0 Å². The minimum atomic E-state index is -0.561. The number of carbonyl (C=O) groups excluding carboxylic acids is 3. The zero-order chi connectivity index (χ0) is 31.5. The number of hydrogen-bond acceptors (Lipinski definition) is 7. The van der Waals surface area contributed by atoms with Crippen molar-refractivity contribution in [3.8, 4) is 23.0 Å². The molecule has 0 aliphatic carbocycles. The van der Waals surface area contributed by atoms with E-state index in [9.17, 15) is 14.4 Å². The Morgan fingerprint density at radius 1 is 0.659 bits per heavy atom. The van der Waals surface area contributed by atoms with Gasteiger partial charge in [0.05, 0.1) is 28.4 Å². The molecule has 0 saturated heterocycles. The van der Waals surface area contributed by atoms with Crippen molar-refractivity contribution in [3.63, 3.8) is 0 Å². The molecular weight excluding hydrogens is 560 g/mol. The molecule has 0 aromatic heterocycles. The van der Waals surface area contributed by atoms with Crippen LogP contribution >= 0.6 is 0 Å². The normalized spacial score (nSPS) is 11.0. The van der Waals surface area contributed by atoms with Gasteiger partial charge in [-0.2, -0.15) is 0 Å². The summed E-state index contributed by atoms with van der Waals surface area (Å²) in [6.07, 6.45) is 4.65. The maximum Gasteiger partial charge on any atom is 0.272 e. The maximum absolute atomic E-state index is 13.4. The van der Waals surface area contributed by atoms with Crippen LogP contribution in [0.4, 0.5) is 5.69 Å². The summed E-state index contributed by atoms with van der Waals surface area (Å²) in [6.45, 7) is 0. The molecule has 224 valence electrons. The molecule has 4 rings (SSSR count). The highest BCUT2D eigenvalue weighted by molar-refractivity contribution is 6.11. The summed E-state index contributed by atoms with van der Waals surface area (Å²) in [5.41, 5.74) is 2.56. The van der Waals surface area contributed by atoms with E-state index in [1.807, 2.05) is 0 Å². The monoisotopic (exact) mass is 592 g/mol. The van der Waals surface area contributed by atoms with Crippen molar-refractivity contribution in [1.29, 1.82) is 0 Å². The quantitative estimate of drug-likeness (QED) is 0.153. The molecule has 2 N–H and O–H groups in total. The van der Waals surface area contributed by atoms with Crippen molar-refractivity contribution >= 4 is 35.4 Å². The van der Waals surface area contributed by atoms with Crippen molar-refractivity contribution in [2.24, 2.45) is 0 Å². The second-order valence-electron chi connectivity index (χ2n) is 9.33. The molecule has 44 heavy (non-hydrogen) atoms. The van der Waals surface area contributed by atoms with Gasteiger partial charge in [-0.1, -0.05) is 24.3 Å². The Morgan fingerprint density at radius 3 is 2.02 bits per heavy atom. The smallest absolute Gasteiger partial charge is 0.272 e. The minimum Gasteiger partial charge on any atom is -0.497 e. The van der Waals surface area contributed by atoms with Crippen molar-refractivity contribution in [1.82, 2.24) is 5.32 Å². The van der Waals surface area contributed by atoms with Crippen molar-refractivity contribution in [2.75, 3.05) is 33.8 Å². The van der Waals surface area contributed by atoms with Gasteiger partial charge in [-0.3, -0.25) is 14.4 Å². The third kappa shape index (κ3) is 7.92. The van der Waals surface area contributed by atoms with Crippen molar-refractivity contribution < 1.29 is 33.3 Å². The SMILES string of the molecule is COc1ccc(/C=C/C(=O)c2ccc(NC(=O)/C(=C/c3ccc(OC)c(OC)c3)NC(=O)c3ccccc3)cc2)c(OC)c1. The molecule has 0 unspecified atom stereocenters. The Hall–Kier alpha value is -5.83. The lowest BCUT2D eigenvalue weighted by atomic mass is 10.1. The van der Waals surface area contributed by atoms with Crippen LogP contribution in [0.3, 0.4) is 0 Å². The number of anilines is 1. The highest BCUT2D eigenvalue weighted by atomic mass is 16.5. The lowest BCUT2D eigenvalue weighted by molar-refractivity contribution is -0.113. The number of benzene rings is 4. The molecular formula is C35H32N2O7. The lowest BCUT2D eigenvalue weighted by Gasteiger charge is -2.13. The summed E-state index contributed by atoms with van der Waals surface area (Å²) < 4.78 is 21.3. The number of hydrogen-bond donors (Lipinski definition) is 2. The third-order valence-corrected chi connectivity index (χ3v) is 6.53. The van der Waals surface area contributed by atoms with Gasteiger partial charge in [0, 0.05) is 28.4 Å². The van der Waals surface area contributed by atoms with Gasteiger partial charge in [-0.05, 0) is 84.5 Å². The van der Waals surface area contributed by atoms with Crippen LogP contribution in [-0.4, -0.2) is 46.0 Å². The standard InChI is InChI=1S/C35H32N2O7/c1-41-28-17-13-25(32(22-28)43-3)14-18-30(38)24-11-15-27(16-12-24)36-35(40)29(37-34(39)26-8-6-5-7-9-26)20-23-10-19-31(42-2)33(21-23)44-4/h5-22H,1-4H3,(H,36,40)(H,37,39)/b18-14+,29-20-. The molecule has 4 aromatic rings. The second kappa shape index (κ2) is 14.9. The summed E-state index contributed by atoms with van der Waals surface area (Å²) in [5.74, 6) is 0.965. The molecule has 0 radical (unpaired) electrons. The summed E-state index contributed by atoms with van der Waals surface area (Å²) >= 11 is 0. The number of ether oxygens (including phenoxy) is 4. The Balaban J connectivity index is 1.53. The van der Waals surface area contributed by atoms with E-state index in [1.165, 1.54) is 26.4 Å². The predicted octanol–water partition coefficient (Wildman–Crippen LogP) is 6.03. The highest BCUT2D eigenvalue weighted by Gasteiger charge is 2.16. The van der Waals surface area contributed by atoms with E-state index in [4.69, 9.17) is 18.9 Å². The third-order valence-electron chi connectivity index (χ3n) is 6.53. The second-order valence-corrected chi connectivity index (χ2v) is 9.33. The average Bonchev–Trinajstić information content (AvgIpc) is 3.07. The van der Waals surface area contributed by atoms with E-state index >= 15 is 0 Å². The molecule has 0 spiro atoms. The molecule has 0 saturated carbocycles. The Labute approximate surface area is 255 Å². The predicted molar refractivity (Wildman–Crippen MR) is 169 cm³/mol. The molecule has 0 aliphatic rings. The zero-order valence-corrected chi connectivity index (χ0v) is 24.8. The average molecular weight is 593 g/mol. The van der Waals surface area contributed by atoms with Crippen LogP contribution < -0.4 is 29.6 Å². The van der Waals surface area contributed by atoms with E-state index < -0.39 is 11.8 Å². The number of methoxy groups -OCH3 is 4. The molecule has 0 atom stereocenters. The van der Waals surface area contributed by atoms with Crippen LogP contribution in [0.25, 0.3) is 12.2 Å². The number of allylic oxidation sites excluding steroid dienone is 1. The van der Waals surface area contributed by atoms with Crippen LogP contribution in [0.1, 0.15) is 31.8 Å². The fourth-order valence-electron chi connectivity index (χ4n) is 4.19. The topological polar surface area (TPSA) is 112 Å². The van der Waals surface area contributed by atoms with Gasteiger partial charge in [0.25, 0.3) is 11.8 Å². The Bertz CT molecular complexity index is 1690.